The van der Waals surface area contributed by atoms with Gasteiger partial charge in [-0.15, -0.1) is 0 Å². The highest BCUT2D eigenvalue weighted by atomic mass is 32.2. The van der Waals surface area contributed by atoms with Crippen molar-refractivity contribution in [1.82, 2.24) is 5.32 Å². The van der Waals surface area contributed by atoms with Crippen LogP contribution in [0.2, 0.25) is 0 Å². The van der Waals surface area contributed by atoms with Crippen LogP contribution in [0.5, 0.6) is 5.75 Å². The topological polar surface area (TPSA) is 166 Å². The Morgan fingerprint density at radius 2 is 1.63 bits per heavy atom. The van der Waals surface area contributed by atoms with E-state index in [0.717, 1.165) is 12.1 Å². The number of nitrogens with one attached hydrogen (secondary N) is 3. The summed E-state index contributed by atoms with van der Waals surface area (Å²) in [6.07, 6.45) is -5.57. The maximum atomic E-state index is 14.7. The fraction of sp³-hybridized carbons (Fsp3) is 0.300. The number of sulfone groups is 1. The molecular weight excluding hydrogens is 636 g/mol. The lowest BCUT2D eigenvalue weighted by molar-refractivity contribution is -0.213. The third kappa shape index (κ3) is 8.51. The van der Waals surface area contributed by atoms with Crippen molar-refractivity contribution in [3.63, 3.8) is 0 Å². The molecule has 1 atom stereocenters. The Morgan fingerprint density at radius 1 is 0.935 bits per heavy atom. The lowest BCUT2D eigenvalue weighted by atomic mass is 9.99. The van der Waals surface area contributed by atoms with Crippen molar-refractivity contribution in [2.75, 3.05) is 23.0 Å². The number of hydrogen-bond acceptors (Lipinski definition) is 9. The van der Waals surface area contributed by atoms with Gasteiger partial charge in [0.2, 0.25) is 5.91 Å². The third-order valence-electron chi connectivity index (χ3n) is 6.48. The van der Waals surface area contributed by atoms with Crippen molar-refractivity contribution in [3.8, 4) is 5.75 Å². The summed E-state index contributed by atoms with van der Waals surface area (Å²) in [5.41, 5.74) is 2.04. The van der Waals surface area contributed by atoms with Crippen molar-refractivity contribution in [2.45, 2.75) is 50.7 Å². The highest BCUT2D eigenvalue weighted by molar-refractivity contribution is 7.91. The van der Waals surface area contributed by atoms with Gasteiger partial charge in [0.25, 0.3) is 11.6 Å². The molecule has 0 saturated carbocycles. The molecular formula is C30H32F4N4O7S. The maximum absolute atomic E-state index is 14.7. The molecule has 0 fully saturated rings. The number of anilines is 2. The second-order valence-electron chi connectivity index (χ2n) is 9.75. The first-order chi connectivity index (χ1) is 21.6. The molecule has 0 aromatic heterocycles. The van der Waals surface area contributed by atoms with Crippen LogP contribution >= 0.6 is 0 Å². The van der Waals surface area contributed by atoms with Crippen LogP contribution in [0.15, 0.2) is 65.6 Å². The molecule has 46 heavy (non-hydrogen) atoms. The molecule has 0 heterocycles. The fourth-order valence-electron chi connectivity index (χ4n) is 4.31. The molecule has 0 radical (unpaired) electrons. The molecule has 0 bridgehead atoms. The van der Waals surface area contributed by atoms with E-state index in [2.05, 4.69) is 16.0 Å². The quantitative estimate of drug-likeness (QED) is 0.119. The van der Waals surface area contributed by atoms with E-state index in [9.17, 15) is 40.4 Å². The van der Waals surface area contributed by atoms with Crippen LogP contribution in [-0.2, 0) is 47.8 Å². The van der Waals surface area contributed by atoms with E-state index >= 15 is 0 Å². The van der Waals surface area contributed by atoms with Crippen LogP contribution < -0.4 is 26.4 Å². The first kappa shape index (κ1) is 35.8. The lowest BCUT2D eigenvalue weighted by Crippen LogP contribution is -2.54. The number of carbonyl (C=O) groups excluding carboxylic acids is 3. The number of rotatable bonds is 13. The number of ether oxygens (including phenoxy) is 2. The van der Waals surface area contributed by atoms with Crippen molar-refractivity contribution < 1.29 is 49.8 Å². The number of hydrogen-bond donors (Lipinski definition) is 4. The summed E-state index contributed by atoms with van der Waals surface area (Å²) in [7, 11) is -3.90. The fourth-order valence-corrected chi connectivity index (χ4v) is 5.43. The Hall–Kier alpha value is -4.70. The van der Waals surface area contributed by atoms with Crippen molar-refractivity contribution >= 4 is 39.0 Å². The number of benzene rings is 3. The second kappa shape index (κ2) is 14.6. The van der Waals surface area contributed by atoms with E-state index in [1.165, 1.54) is 62.4 Å². The molecule has 3 aromatic rings. The number of alkyl halides is 3. The number of halogens is 4. The summed E-state index contributed by atoms with van der Waals surface area (Å²) in [5.74, 6) is -5.76. The Bertz CT molecular complexity index is 1720. The number of esters is 1. The number of nitrogens with two attached hydrogens (primary N) is 1. The zero-order valence-corrected chi connectivity index (χ0v) is 25.8. The molecule has 3 rings (SSSR count). The van der Waals surface area contributed by atoms with Gasteiger partial charge in [0.15, 0.2) is 9.84 Å². The van der Waals surface area contributed by atoms with E-state index in [1.807, 2.05) is 0 Å². The van der Waals surface area contributed by atoms with Gasteiger partial charge < -0.3 is 31.2 Å². The normalized spacial score (nSPS) is 12.9. The van der Waals surface area contributed by atoms with Crippen LogP contribution in [-0.4, -0.2) is 44.7 Å². The van der Waals surface area contributed by atoms with E-state index in [4.69, 9.17) is 15.2 Å². The zero-order valence-electron chi connectivity index (χ0n) is 25.0. The molecule has 11 nitrogen and oxygen atoms in total. The Morgan fingerprint density at radius 3 is 2.22 bits per heavy atom. The van der Waals surface area contributed by atoms with Crippen molar-refractivity contribution in [1.29, 1.82) is 0 Å². The standard InChI is InChI=1S/C30H32F4N4O7S/c1-4-44-24-8-6-7-21(14-24)29(45-28(41)30(32,33)34,38-23-10-9-19(16-35)25(31)15-23)27(40)36-17-20-13-22(37-18(3)39)11-12-26(20)46(42,43)5-2/h6-15,38H,4-5,16-17,35H2,1-3H3,(H,36,40)(H,37,39). The Labute approximate surface area is 262 Å². The average molecular weight is 669 g/mol. The Kier molecular flexibility index (Phi) is 11.4. The summed E-state index contributed by atoms with van der Waals surface area (Å²) in [6.45, 7) is 3.52. The Balaban J connectivity index is 2.22. The minimum Gasteiger partial charge on any atom is -0.494 e. The van der Waals surface area contributed by atoms with Crippen LogP contribution in [0.1, 0.15) is 37.5 Å². The summed E-state index contributed by atoms with van der Waals surface area (Å²) < 4.78 is 91.7. The smallest absolute Gasteiger partial charge is 0.491 e. The van der Waals surface area contributed by atoms with E-state index < -0.39 is 51.9 Å². The minimum absolute atomic E-state index is 0.0427. The van der Waals surface area contributed by atoms with Gasteiger partial charge in [-0.1, -0.05) is 25.1 Å². The number of amides is 2. The van der Waals surface area contributed by atoms with Gasteiger partial charge >= 0.3 is 12.1 Å². The van der Waals surface area contributed by atoms with Gasteiger partial charge in [0.05, 0.1) is 17.3 Å². The average Bonchev–Trinajstić information content (AvgIpc) is 2.99. The van der Waals surface area contributed by atoms with Gasteiger partial charge in [-0.3, -0.25) is 9.59 Å². The molecule has 5 N–H and O–H groups in total. The van der Waals surface area contributed by atoms with Crippen LogP contribution in [0, 0.1) is 5.82 Å². The SMILES string of the molecule is CCOc1cccc(C(Nc2ccc(CN)c(F)c2)(OC(=O)C(F)(F)F)C(=O)NCc2cc(NC(C)=O)ccc2S(=O)(=O)CC)c1. The molecule has 0 saturated heterocycles. The van der Waals surface area contributed by atoms with Crippen LogP contribution in [0.3, 0.4) is 0 Å². The van der Waals surface area contributed by atoms with Gasteiger partial charge in [0.1, 0.15) is 11.6 Å². The van der Waals surface area contributed by atoms with E-state index in [-0.39, 0.29) is 57.6 Å². The molecule has 0 aliphatic heterocycles. The second-order valence-corrected chi connectivity index (χ2v) is 12.0. The summed E-state index contributed by atoms with van der Waals surface area (Å²) >= 11 is 0. The van der Waals surface area contributed by atoms with E-state index in [0.29, 0.717) is 0 Å². The molecule has 2 amide bonds. The van der Waals surface area contributed by atoms with Crippen molar-refractivity contribution in [2.24, 2.45) is 5.73 Å². The summed E-state index contributed by atoms with van der Waals surface area (Å²) in [5, 5.41) is 7.26. The van der Waals surface area contributed by atoms with Gasteiger partial charge in [-0.25, -0.2) is 17.6 Å². The highest BCUT2D eigenvalue weighted by Crippen LogP contribution is 2.34. The third-order valence-corrected chi connectivity index (χ3v) is 8.31. The molecule has 1 unspecified atom stereocenters. The van der Waals surface area contributed by atoms with E-state index in [1.54, 1.807) is 6.92 Å². The molecule has 0 aliphatic carbocycles. The minimum atomic E-state index is -5.57. The predicted molar refractivity (Wildman–Crippen MR) is 160 cm³/mol. The number of carbonyl (C=O) groups is 3. The lowest BCUT2D eigenvalue weighted by Gasteiger charge is -2.34. The summed E-state index contributed by atoms with van der Waals surface area (Å²) in [6, 6.07) is 12.2. The van der Waals surface area contributed by atoms with Crippen LogP contribution in [0.25, 0.3) is 0 Å². The molecule has 248 valence electrons. The van der Waals surface area contributed by atoms with Crippen molar-refractivity contribution in [3.05, 3.63) is 83.2 Å². The molecule has 16 heteroatoms. The monoisotopic (exact) mass is 668 g/mol. The zero-order chi connectivity index (χ0) is 34.3. The van der Waals surface area contributed by atoms with Gasteiger partial charge in [-0.05, 0) is 55.0 Å². The first-order valence-electron chi connectivity index (χ1n) is 13.8. The first-order valence-corrected chi connectivity index (χ1v) is 15.4. The largest absolute Gasteiger partial charge is 0.494 e. The molecule has 3 aromatic carbocycles. The summed E-state index contributed by atoms with van der Waals surface area (Å²) in [4.78, 5) is 37.8. The van der Waals surface area contributed by atoms with Gasteiger partial charge in [0, 0.05) is 42.5 Å². The van der Waals surface area contributed by atoms with Gasteiger partial charge in [-0.2, -0.15) is 13.2 Å². The predicted octanol–water partition coefficient (Wildman–Crippen LogP) is 4.12. The molecule has 0 spiro atoms. The highest BCUT2D eigenvalue weighted by Gasteiger charge is 2.52. The van der Waals surface area contributed by atoms with Crippen LogP contribution in [0.4, 0.5) is 28.9 Å². The maximum Gasteiger partial charge on any atom is 0.491 e. The molecule has 0 aliphatic rings.